The molecule has 0 unspecified atom stereocenters. The van der Waals surface area contributed by atoms with Gasteiger partial charge in [0.25, 0.3) is 5.91 Å². The highest BCUT2D eigenvalue weighted by atomic mass is 19.1. The lowest BCUT2D eigenvalue weighted by molar-refractivity contribution is -0.118. The number of aromatic nitrogens is 1. The van der Waals surface area contributed by atoms with Crippen molar-refractivity contribution in [1.29, 1.82) is 0 Å². The van der Waals surface area contributed by atoms with Crippen LogP contribution in [0.3, 0.4) is 0 Å². The van der Waals surface area contributed by atoms with Gasteiger partial charge in [0.15, 0.2) is 11.9 Å². The topological polar surface area (TPSA) is 71.1 Å². The van der Waals surface area contributed by atoms with Gasteiger partial charge in [0.05, 0.1) is 0 Å². The first-order valence-electron chi connectivity index (χ1n) is 9.44. The highest BCUT2D eigenvalue weighted by Crippen LogP contribution is 2.44. The number of amides is 1. The van der Waals surface area contributed by atoms with Gasteiger partial charge in [0, 0.05) is 22.7 Å². The number of aldehydes is 1. The highest BCUT2D eigenvalue weighted by Gasteiger charge is 2.42. The van der Waals surface area contributed by atoms with E-state index in [1.807, 2.05) is 26.8 Å². The second kappa shape index (κ2) is 7.43. The smallest absolute Gasteiger partial charge is 0.253 e. The van der Waals surface area contributed by atoms with Gasteiger partial charge in [-0.2, -0.15) is 4.39 Å². The van der Waals surface area contributed by atoms with E-state index in [1.54, 1.807) is 25.2 Å². The first kappa shape index (κ1) is 20.1. The first-order valence-corrected chi connectivity index (χ1v) is 9.44. The van der Waals surface area contributed by atoms with E-state index >= 15 is 0 Å². The molecule has 1 fully saturated rings. The summed E-state index contributed by atoms with van der Waals surface area (Å²) in [7, 11) is 1.64. The molecule has 2 N–H and O–H groups in total. The number of likely N-dealkylation sites (N-methyl/N-ethyl adjacent to an activating group) is 1. The maximum atomic E-state index is 13.2. The van der Waals surface area contributed by atoms with E-state index in [4.69, 9.17) is 0 Å². The summed E-state index contributed by atoms with van der Waals surface area (Å²) in [6.07, 6.45) is 4.42. The van der Waals surface area contributed by atoms with Crippen LogP contribution in [0.15, 0.2) is 36.5 Å². The summed E-state index contributed by atoms with van der Waals surface area (Å²) in [5, 5.41) is 5.79. The van der Waals surface area contributed by atoms with Crippen molar-refractivity contribution in [3.8, 4) is 11.1 Å². The third-order valence-corrected chi connectivity index (χ3v) is 5.44. The molecule has 1 atom stereocenters. The highest BCUT2D eigenvalue weighted by molar-refractivity contribution is 5.98. The number of halogens is 1. The fourth-order valence-electron chi connectivity index (χ4n) is 3.37. The average molecular weight is 383 g/mol. The minimum Gasteiger partial charge on any atom is -0.327 e. The van der Waals surface area contributed by atoms with Gasteiger partial charge < -0.3 is 5.32 Å². The summed E-state index contributed by atoms with van der Waals surface area (Å²) in [4.78, 5) is 28.5. The molecule has 0 bridgehead atoms. The van der Waals surface area contributed by atoms with Crippen LogP contribution in [0.2, 0.25) is 0 Å². The molecule has 1 heterocycles. The van der Waals surface area contributed by atoms with Gasteiger partial charge in [-0.15, -0.1) is 0 Å². The van der Waals surface area contributed by atoms with Crippen LogP contribution in [0.4, 0.5) is 4.39 Å². The van der Waals surface area contributed by atoms with Crippen LogP contribution in [0.1, 0.15) is 55.5 Å². The van der Waals surface area contributed by atoms with Crippen molar-refractivity contribution in [3.05, 3.63) is 53.6 Å². The Kier molecular flexibility index (Phi) is 5.35. The Hall–Kier alpha value is -2.60. The zero-order chi connectivity index (χ0) is 20.5. The molecule has 0 spiro atoms. The quantitative estimate of drug-likeness (QED) is 0.454. The number of carbonyl (C=O) groups is 2. The molecule has 148 valence electrons. The van der Waals surface area contributed by atoms with Gasteiger partial charge in [0.1, 0.15) is 0 Å². The summed E-state index contributed by atoms with van der Waals surface area (Å²) in [5.41, 5.74) is 1.49. The summed E-state index contributed by atoms with van der Waals surface area (Å²) in [5.74, 6) is -0.436. The van der Waals surface area contributed by atoms with Crippen LogP contribution in [-0.2, 0) is 4.79 Å². The van der Waals surface area contributed by atoms with Gasteiger partial charge in [0.2, 0.25) is 5.95 Å². The van der Waals surface area contributed by atoms with Crippen LogP contribution in [-0.4, -0.2) is 29.9 Å². The number of pyridine rings is 1. The largest absolute Gasteiger partial charge is 0.327 e. The Morgan fingerprint density at radius 1 is 1.21 bits per heavy atom. The zero-order valence-corrected chi connectivity index (χ0v) is 16.7. The third kappa shape index (κ3) is 3.83. The maximum Gasteiger partial charge on any atom is 0.253 e. The van der Waals surface area contributed by atoms with Crippen LogP contribution >= 0.6 is 0 Å². The van der Waals surface area contributed by atoms with Crippen molar-refractivity contribution in [2.75, 3.05) is 7.05 Å². The Bertz CT molecular complexity index is 886. The third-order valence-electron chi connectivity index (χ3n) is 5.44. The van der Waals surface area contributed by atoms with Crippen LogP contribution in [0, 0.1) is 11.4 Å². The molecule has 1 aliphatic carbocycles. The van der Waals surface area contributed by atoms with E-state index in [2.05, 4.69) is 15.6 Å². The summed E-state index contributed by atoms with van der Waals surface area (Å²) < 4.78 is 13.2. The summed E-state index contributed by atoms with van der Waals surface area (Å²) in [6.45, 7) is 5.64. The predicted molar refractivity (Wildman–Crippen MR) is 106 cm³/mol. The van der Waals surface area contributed by atoms with Gasteiger partial charge in [-0.05, 0) is 61.2 Å². The Morgan fingerprint density at radius 2 is 1.93 bits per heavy atom. The Morgan fingerprint density at radius 3 is 2.43 bits per heavy atom. The van der Waals surface area contributed by atoms with Crippen molar-refractivity contribution in [1.82, 2.24) is 15.6 Å². The lowest BCUT2D eigenvalue weighted by atomic mass is 9.81. The van der Waals surface area contributed by atoms with Gasteiger partial charge in [-0.3, -0.25) is 14.9 Å². The molecule has 1 aromatic heterocycles. The van der Waals surface area contributed by atoms with Crippen LogP contribution in [0.5, 0.6) is 0 Å². The maximum absolute atomic E-state index is 13.2. The molecule has 1 saturated carbocycles. The SMILES string of the molecule is CN[C@](C=O)(NC(=O)c1ccc(C2CC2)c(-c2ccc(F)nc2)c1)C(C)(C)C. The molecule has 0 aliphatic heterocycles. The van der Waals surface area contributed by atoms with Crippen molar-refractivity contribution < 1.29 is 14.0 Å². The summed E-state index contributed by atoms with van der Waals surface area (Å²) >= 11 is 0. The molecule has 1 aliphatic rings. The fraction of sp³-hybridized carbons (Fsp3) is 0.409. The van der Waals surface area contributed by atoms with Gasteiger partial charge in [-0.1, -0.05) is 26.8 Å². The number of carbonyl (C=O) groups excluding carboxylic acids is 2. The molecule has 2 aromatic rings. The zero-order valence-electron chi connectivity index (χ0n) is 16.7. The molecule has 1 amide bonds. The van der Waals surface area contributed by atoms with Crippen molar-refractivity contribution in [3.63, 3.8) is 0 Å². The number of hydrogen-bond acceptors (Lipinski definition) is 4. The second-order valence-electron chi connectivity index (χ2n) is 8.33. The van der Waals surface area contributed by atoms with E-state index in [9.17, 15) is 14.0 Å². The molecular weight excluding hydrogens is 357 g/mol. The van der Waals surface area contributed by atoms with E-state index in [1.165, 1.54) is 12.3 Å². The number of nitrogens with zero attached hydrogens (tertiary/aromatic N) is 1. The molecule has 1 aromatic carbocycles. The predicted octanol–water partition coefficient (Wildman–Crippen LogP) is 3.66. The lowest BCUT2D eigenvalue weighted by Crippen LogP contribution is -2.66. The van der Waals surface area contributed by atoms with E-state index in [0.717, 1.165) is 35.8 Å². The lowest BCUT2D eigenvalue weighted by Gasteiger charge is -2.40. The number of hydrogen-bond donors (Lipinski definition) is 2. The summed E-state index contributed by atoms with van der Waals surface area (Å²) in [6, 6.07) is 8.51. The Balaban J connectivity index is 1.98. The molecule has 3 rings (SSSR count). The molecule has 5 nitrogen and oxygen atoms in total. The van der Waals surface area contributed by atoms with E-state index < -0.39 is 17.0 Å². The first-order chi connectivity index (χ1) is 13.2. The normalized spacial score (nSPS) is 16.3. The van der Waals surface area contributed by atoms with Gasteiger partial charge in [-0.25, -0.2) is 4.98 Å². The molecule has 0 saturated heterocycles. The van der Waals surface area contributed by atoms with Crippen molar-refractivity contribution in [2.24, 2.45) is 5.41 Å². The van der Waals surface area contributed by atoms with Gasteiger partial charge >= 0.3 is 0 Å². The van der Waals surface area contributed by atoms with Crippen molar-refractivity contribution in [2.45, 2.75) is 45.2 Å². The number of rotatable bonds is 6. The molecular formula is C22H26FN3O2. The standard InChI is InChI=1S/C22H26FN3O2/c1-21(2,3)22(13-27,24-4)26-20(28)15-7-9-17(14-5-6-14)18(11-15)16-8-10-19(23)25-12-16/h7-14,24H,5-6H2,1-4H3,(H,26,28)/t22-/m1/s1. The van der Waals surface area contributed by atoms with Crippen molar-refractivity contribution >= 4 is 12.2 Å². The molecule has 28 heavy (non-hydrogen) atoms. The second-order valence-corrected chi connectivity index (χ2v) is 8.33. The van der Waals surface area contributed by atoms with E-state index in [0.29, 0.717) is 11.5 Å². The number of nitrogens with one attached hydrogen (secondary N) is 2. The van der Waals surface area contributed by atoms with E-state index in [-0.39, 0.29) is 5.91 Å². The monoisotopic (exact) mass is 383 g/mol. The fourth-order valence-corrected chi connectivity index (χ4v) is 3.37. The minimum atomic E-state index is -1.20. The Labute approximate surface area is 164 Å². The minimum absolute atomic E-state index is 0.352. The number of benzene rings is 1. The molecule has 6 heteroatoms. The molecule has 0 radical (unpaired) electrons. The average Bonchev–Trinajstić information content (AvgIpc) is 3.50. The van der Waals surface area contributed by atoms with Crippen LogP contribution < -0.4 is 10.6 Å². The van der Waals surface area contributed by atoms with Crippen LogP contribution in [0.25, 0.3) is 11.1 Å².